The number of hydrogen-bond acceptors (Lipinski definition) is 1. The lowest BCUT2D eigenvalue weighted by Crippen LogP contribution is -2.44. The molecule has 0 spiro atoms. The maximum absolute atomic E-state index is 13.6. The van der Waals surface area contributed by atoms with Crippen LogP contribution in [-0.2, 0) is 0 Å². The molecule has 1 saturated heterocycles. The zero-order valence-corrected chi connectivity index (χ0v) is 12.4. The van der Waals surface area contributed by atoms with Gasteiger partial charge in [0.15, 0.2) is 0 Å². The number of nitrogens with zero attached hydrogens (tertiary/aromatic N) is 1. The van der Waals surface area contributed by atoms with Crippen LogP contribution in [0.5, 0.6) is 0 Å². The number of amides is 2. The number of halogens is 1. The number of rotatable bonds is 2. The van der Waals surface area contributed by atoms with Crippen LogP contribution in [0.1, 0.15) is 43.9 Å². The van der Waals surface area contributed by atoms with Crippen LogP contribution < -0.4 is 5.32 Å². The van der Waals surface area contributed by atoms with Crippen molar-refractivity contribution in [2.24, 2.45) is 5.92 Å². The third-order valence-corrected chi connectivity index (χ3v) is 4.11. The van der Waals surface area contributed by atoms with Crippen molar-refractivity contribution in [3.8, 4) is 0 Å². The van der Waals surface area contributed by atoms with E-state index in [-0.39, 0.29) is 17.9 Å². The first-order valence-corrected chi connectivity index (χ1v) is 7.29. The van der Waals surface area contributed by atoms with Crippen LogP contribution in [-0.4, -0.2) is 24.0 Å². The fraction of sp³-hybridized carbons (Fsp3) is 0.562. The van der Waals surface area contributed by atoms with E-state index in [2.05, 4.69) is 12.2 Å². The lowest BCUT2D eigenvalue weighted by atomic mass is 9.99. The molecule has 1 N–H and O–H groups in total. The first kappa shape index (κ1) is 14.8. The van der Waals surface area contributed by atoms with Crippen molar-refractivity contribution in [2.75, 3.05) is 13.1 Å². The first-order chi connectivity index (χ1) is 9.47. The van der Waals surface area contributed by atoms with Crippen molar-refractivity contribution in [1.29, 1.82) is 0 Å². The summed E-state index contributed by atoms with van der Waals surface area (Å²) in [7, 11) is 0. The Bertz CT molecular complexity index is 481. The molecule has 3 nitrogen and oxygen atoms in total. The number of likely N-dealkylation sites (tertiary alicyclic amines) is 1. The summed E-state index contributed by atoms with van der Waals surface area (Å²) in [6.45, 7) is 7.45. The molecule has 0 aliphatic carbocycles. The Morgan fingerprint density at radius 3 is 2.65 bits per heavy atom. The molecule has 1 atom stereocenters. The second kappa shape index (κ2) is 6.25. The molecule has 1 fully saturated rings. The van der Waals surface area contributed by atoms with Gasteiger partial charge in [0.2, 0.25) is 0 Å². The Morgan fingerprint density at radius 2 is 2.05 bits per heavy atom. The molecule has 0 aromatic heterocycles. The lowest BCUT2D eigenvalue weighted by molar-refractivity contribution is 0.171. The van der Waals surface area contributed by atoms with E-state index >= 15 is 0 Å². The summed E-state index contributed by atoms with van der Waals surface area (Å²) in [6, 6.07) is 4.87. The molecular weight excluding hydrogens is 255 g/mol. The third-order valence-electron chi connectivity index (χ3n) is 4.11. The molecule has 20 heavy (non-hydrogen) atoms. The standard InChI is InChI=1S/C16H23FN2O/c1-11-6-8-19(9-7-11)16(20)18-13(3)14-5-4-12(2)15(17)10-14/h4-5,10-11,13H,6-9H2,1-3H3,(H,18,20). The largest absolute Gasteiger partial charge is 0.331 e. The number of piperidine rings is 1. The van der Waals surface area contributed by atoms with Crippen LogP contribution in [0.15, 0.2) is 18.2 Å². The predicted molar refractivity (Wildman–Crippen MR) is 78.1 cm³/mol. The van der Waals surface area contributed by atoms with Gasteiger partial charge in [0, 0.05) is 13.1 Å². The minimum absolute atomic E-state index is 0.0506. The third kappa shape index (κ3) is 3.50. The summed E-state index contributed by atoms with van der Waals surface area (Å²) in [5, 5.41) is 2.95. The molecule has 1 aromatic carbocycles. The van der Waals surface area contributed by atoms with Gasteiger partial charge >= 0.3 is 6.03 Å². The lowest BCUT2D eigenvalue weighted by Gasteiger charge is -2.31. The molecule has 1 unspecified atom stereocenters. The molecule has 1 aromatic rings. The monoisotopic (exact) mass is 278 g/mol. The smallest absolute Gasteiger partial charge is 0.317 e. The van der Waals surface area contributed by atoms with Crippen LogP contribution >= 0.6 is 0 Å². The average molecular weight is 278 g/mol. The summed E-state index contributed by atoms with van der Waals surface area (Å²) in [5.74, 6) is 0.470. The van der Waals surface area contributed by atoms with Crippen molar-refractivity contribution in [1.82, 2.24) is 10.2 Å². The number of carbonyl (C=O) groups excluding carboxylic acids is 1. The molecule has 110 valence electrons. The molecule has 1 heterocycles. The Hall–Kier alpha value is -1.58. The summed E-state index contributed by atoms with van der Waals surface area (Å²) in [6.07, 6.45) is 2.11. The first-order valence-electron chi connectivity index (χ1n) is 7.29. The van der Waals surface area contributed by atoms with Gasteiger partial charge in [-0.3, -0.25) is 0 Å². The highest BCUT2D eigenvalue weighted by molar-refractivity contribution is 5.74. The van der Waals surface area contributed by atoms with E-state index in [4.69, 9.17) is 0 Å². The highest BCUT2D eigenvalue weighted by Crippen LogP contribution is 2.19. The topological polar surface area (TPSA) is 32.3 Å². The van der Waals surface area contributed by atoms with Gasteiger partial charge in [0.05, 0.1) is 6.04 Å². The van der Waals surface area contributed by atoms with Gasteiger partial charge in [-0.2, -0.15) is 0 Å². The summed E-state index contributed by atoms with van der Waals surface area (Å²) in [5.41, 5.74) is 1.42. The molecule has 0 bridgehead atoms. The molecular formula is C16H23FN2O. The highest BCUT2D eigenvalue weighted by Gasteiger charge is 2.21. The predicted octanol–water partition coefficient (Wildman–Crippen LogP) is 3.64. The number of nitrogens with one attached hydrogen (secondary N) is 1. The summed E-state index contributed by atoms with van der Waals surface area (Å²) >= 11 is 0. The molecule has 1 aliphatic rings. The molecule has 0 saturated carbocycles. The van der Waals surface area contributed by atoms with Gasteiger partial charge in [-0.05, 0) is 49.8 Å². The van der Waals surface area contributed by atoms with E-state index in [0.29, 0.717) is 11.5 Å². The van der Waals surface area contributed by atoms with Gasteiger partial charge in [0.25, 0.3) is 0 Å². The van der Waals surface area contributed by atoms with Gasteiger partial charge in [-0.1, -0.05) is 19.1 Å². The van der Waals surface area contributed by atoms with E-state index in [1.807, 2.05) is 17.9 Å². The Labute approximate surface area is 120 Å². The van der Waals surface area contributed by atoms with Gasteiger partial charge in [-0.25, -0.2) is 9.18 Å². The zero-order valence-electron chi connectivity index (χ0n) is 12.4. The van der Waals surface area contributed by atoms with Crippen LogP contribution in [0, 0.1) is 18.7 Å². The Morgan fingerprint density at radius 1 is 1.40 bits per heavy atom. The second-order valence-electron chi connectivity index (χ2n) is 5.85. The van der Waals surface area contributed by atoms with Crippen molar-refractivity contribution >= 4 is 6.03 Å². The molecule has 2 rings (SSSR count). The fourth-order valence-corrected chi connectivity index (χ4v) is 2.45. The van der Waals surface area contributed by atoms with Crippen molar-refractivity contribution < 1.29 is 9.18 Å². The number of urea groups is 1. The van der Waals surface area contributed by atoms with Crippen molar-refractivity contribution in [2.45, 2.75) is 39.7 Å². The fourth-order valence-electron chi connectivity index (χ4n) is 2.45. The van der Waals surface area contributed by atoms with E-state index in [1.54, 1.807) is 13.0 Å². The molecule has 4 heteroatoms. The molecule has 1 aliphatic heterocycles. The van der Waals surface area contributed by atoms with E-state index in [9.17, 15) is 9.18 Å². The van der Waals surface area contributed by atoms with Crippen LogP contribution in [0.2, 0.25) is 0 Å². The van der Waals surface area contributed by atoms with E-state index < -0.39 is 0 Å². The minimum Gasteiger partial charge on any atom is -0.331 e. The maximum atomic E-state index is 13.6. The van der Waals surface area contributed by atoms with Crippen molar-refractivity contribution in [3.63, 3.8) is 0 Å². The van der Waals surface area contributed by atoms with E-state index in [0.717, 1.165) is 31.5 Å². The highest BCUT2D eigenvalue weighted by atomic mass is 19.1. The van der Waals surface area contributed by atoms with Crippen LogP contribution in [0.3, 0.4) is 0 Å². The Balaban J connectivity index is 1.95. The number of carbonyl (C=O) groups is 1. The van der Waals surface area contributed by atoms with Gasteiger partial charge in [0.1, 0.15) is 5.82 Å². The summed E-state index contributed by atoms with van der Waals surface area (Å²) < 4.78 is 13.6. The normalized spacial score (nSPS) is 17.9. The second-order valence-corrected chi connectivity index (χ2v) is 5.85. The average Bonchev–Trinajstić information content (AvgIpc) is 2.42. The number of benzene rings is 1. The molecule has 0 radical (unpaired) electrons. The van der Waals surface area contributed by atoms with Gasteiger partial charge in [-0.15, -0.1) is 0 Å². The van der Waals surface area contributed by atoms with Crippen molar-refractivity contribution in [3.05, 3.63) is 35.1 Å². The SMILES string of the molecule is Cc1ccc(C(C)NC(=O)N2CCC(C)CC2)cc1F. The summed E-state index contributed by atoms with van der Waals surface area (Å²) in [4.78, 5) is 14.0. The maximum Gasteiger partial charge on any atom is 0.317 e. The molecule has 2 amide bonds. The zero-order chi connectivity index (χ0) is 14.7. The number of aryl methyl sites for hydroxylation is 1. The number of hydrogen-bond donors (Lipinski definition) is 1. The quantitative estimate of drug-likeness (QED) is 0.880. The Kier molecular flexibility index (Phi) is 4.63. The van der Waals surface area contributed by atoms with Crippen LogP contribution in [0.4, 0.5) is 9.18 Å². The van der Waals surface area contributed by atoms with E-state index in [1.165, 1.54) is 6.07 Å². The minimum atomic E-state index is -0.226. The van der Waals surface area contributed by atoms with Gasteiger partial charge < -0.3 is 10.2 Å². The van der Waals surface area contributed by atoms with Crippen LogP contribution in [0.25, 0.3) is 0 Å².